The molecule has 1 aromatic rings. The van der Waals surface area contributed by atoms with Crippen molar-refractivity contribution in [2.24, 2.45) is 5.73 Å². The van der Waals surface area contributed by atoms with Crippen LogP contribution in [0, 0.1) is 0 Å². The number of hydrogen-bond donors (Lipinski definition) is 1. The van der Waals surface area contributed by atoms with E-state index in [-0.39, 0.29) is 13.0 Å². The molecule has 1 rings (SSSR count). The molecule has 19 heavy (non-hydrogen) atoms. The summed E-state index contributed by atoms with van der Waals surface area (Å²) in [6, 6.07) is 9.05. The molecule has 2 atom stereocenters. The van der Waals surface area contributed by atoms with Crippen molar-refractivity contribution in [3.63, 3.8) is 0 Å². The number of alkyl halides is 1. The smallest absolute Gasteiger partial charge is 0.231 e. The zero-order valence-corrected chi connectivity index (χ0v) is 11.6. The number of ether oxygens (including phenoxy) is 1. The molecule has 1 amide bonds. The number of aldehydes is 1. The number of carbonyl (C=O) groups is 2. The second-order valence-electron chi connectivity index (χ2n) is 4.35. The maximum atomic E-state index is 12.0. The highest BCUT2D eigenvalue weighted by atomic mass is 35.5. The van der Waals surface area contributed by atoms with E-state index in [1.165, 1.54) is 7.11 Å². The second kappa shape index (κ2) is 7.26. The minimum atomic E-state index is -1.12. The molecule has 2 unspecified atom stereocenters. The molecule has 1 aromatic carbocycles. The summed E-state index contributed by atoms with van der Waals surface area (Å²) >= 11 is 6.35. The molecule has 0 aliphatic heterocycles. The van der Waals surface area contributed by atoms with Crippen molar-refractivity contribution in [1.82, 2.24) is 0 Å². The fourth-order valence-corrected chi connectivity index (χ4v) is 2.57. The lowest BCUT2D eigenvalue weighted by Crippen LogP contribution is -2.51. The molecule has 2 N–H and O–H groups in total. The highest BCUT2D eigenvalue weighted by Gasteiger charge is 2.45. The van der Waals surface area contributed by atoms with Crippen molar-refractivity contribution >= 4 is 23.8 Å². The Balaban J connectivity index is 3.21. The van der Waals surface area contributed by atoms with E-state index < -0.39 is 16.7 Å². The average molecular weight is 284 g/mol. The van der Waals surface area contributed by atoms with Crippen LogP contribution in [0.2, 0.25) is 0 Å². The van der Waals surface area contributed by atoms with E-state index in [2.05, 4.69) is 0 Å². The average Bonchev–Trinajstić information content (AvgIpc) is 2.42. The van der Waals surface area contributed by atoms with Gasteiger partial charge in [0.15, 0.2) is 0 Å². The fraction of sp³-hybridized carbons (Fsp3) is 0.429. The van der Waals surface area contributed by atoms with Gasteiger partial charge in [0.2, 0.25) is 5.91 Å². The van der Waals surface area contributed by atoms with Gasteiger partial charge in [0.25, 0.3) is 0 Å². The zero-order chi connectivity index (χ0) is 14.3. The highest BCUT2D eigenvalue weighted by molar-refractivity contribution is 6.23. The Morgan fingerprint density at radius 1 is 1.47 bits per heavy atom. The van der Waals surface area contributed by atoms with Gasteiger partial charge in [0, 0.05) is 13.5 Å². The predicted octanol–water partition coefficient (Wildman–Crippen LogP) is 1.64. The maximum Gasteiger partial charge on any atom is 0.231 e. The highest BCUT2D eigenvalue weighted by Crippen LogP contribution is 2.34. The summed E-state index contributed by atoms with van der Waals surface area (Å²) in [6.07, 6.45) is 1.42. The number of carbonyl (C=O) groups excluding carboxylic acids is 2. The summed E-state index contributed by atoms with van der Waals surface area (Å²) in [6.45, 7) is 0.0827. The van der Waals surface area contributed by atoms with Crippen LogP contribution in [0.15, 0.2) is 30.3 Å². The number of primary amides is 1. The van der Waals surface area contributed by atoms with Crippen molar-refractivity contribution in [3.8, 4) is 0 Å². The number of benzene rings is 1. The number of halogens is 1. The lowest BCUT2D eigenvalue weighted by molar-refractivity contribution is -0.126. The molecular weight excluding hydrogens is 266 g/mol. The monoisotopic (exact) mass is 283 g/mol. The minimum Gasteiger partial charge on any atom is -0.383 e. The van der Waals surface area contributed by atoms with Crippen molar-refractivity contribution < 1.29 is 14.3 Å². The molecule has 0 fully saturated rings. The van der Waals surface area contributed by atoms with E-state index in [0.717, 1.165) is 6.29 Å². The van der Waals surface area contributed by atoms with Crippen molar-refractivity contribution in [3.05, 3.63) is 35.9 Å². The lowest BCUT2D eigenvalue weighted by Gasteiger charge is -2.34. The number of methoxy groups -OCH3 is 1. The quantitative estimate of drug-likeness (QED) is 0.582. The number of nitrogens with two attached hydrogens (primary N) is 1. The first-order chi connectivity index (χ1) is 9.09. The van der Waals surface area contributed by atoms with Crippen LogP contribution >= 0.6 is 11.6 Å². The summed E-state index contributed by atoms with van der Waals surface area (Å²) in [7, 11) is 1.49. The van der Waals surface area contributed by atoms with Gasteiger partial charge in [-0.2, -0.15) is 0 Å². The van der Waals surface area contributed by atoms with E-state index in [4.69, 9.17) is 22.1 Å². The lowest BCUT2D eigenvalue weighted by atomic mass is 9.76. The molecule has 0 aromatic heterocycles. The van der Waals surface area contributed by atoms with Crippen molar-refractivity contribution in [2.75, 3.05) is 13.7 Å². The molecule has 5 heteroatoms. The molecule has 104 valence electrons. The van der Waals surface area contributed by atoms with Gasteiger partial charge in [0.1, 0.15) is 11.7 Å². The van der Waals surface area contributed by atoms with Crippen LogP contribution in [0.3, 0.4) is 0 Å². The number of amides is 1. The maximum absolute atomic E-state index is 12.0. The van der Waals surface area contributed by atoms with Gasteiger partial charge in [-0.25, -0.2) is 0 Å². The Bertz CT molecular complexity index is 424. The SMILES string of the molecule is COCC(C(N)=O)(c1ccccc1)C(Cl)CCC=O. The van der Waals surface area contributed by atoms with Gasteiger partial charge in [-0.15, -0.1) is 11.6 Å². The van der Waals surface area contributed by atoms with Crippen LogP contribution in [-0.4, -0.2) is 31.3 Å². The first-order valence-electron chi connectivity index (χ1n) is 6.01. The van der Waals surface area contributed by atoms with E-state index in [9.17, 15) is 9.59 Å². The summed E-state index contributed by atoms with van der Waals surface area (Å²) in [4.78, 5) is 22.5. The van der Waals surface area contributed by atoms with E-state index in [1.54, 1.807) is 12.1 Å². The molecule has 0 bridgehead atoms. The first-order valence-corrected chi connectivity index (χ1v) is 6.45. The minimum absolute atomic E-state index is 0.0827. The first kappa shape index (κ1) is 15.7. The summed E-state index contributed by atoms with van der Waals surface area (Å²) in [5.41, 5.74) is 5.15. The topological polar surface area (TPSA) is 69.4 Å². The Morgan fingerprint density at radius 2 is 2.11 bits per heavy atom. The molecule has 0 saturated heterocycles. The predicted molar refractivity (Wildman–Crippen MR) is 74.1 cm³/mol. The molecule has 4 nitrogen and oxygen atoms in total. The van der Waals surface area contributed by atoms with Gasteiger partial charge < -0.3 is 15.3 Å². The largest absolute Gasteiger partial charge is 0.383 e. The van der Waals surface area contributed by atoms with Crippen LogP contribution in [0.4, 0.5) is 0 Å². The summed E-state index contributed by atoms with van der Waals surface area (Å²) in [5, 5.41) is -0.599. The third-order valence-corrected chi connectivity index (χ3v) is 3.76. The van der Waals surface area contributed by atoms with Crippen LogP contribution in [0.5, 0.6) is 0 Å². The fourth-order valence-electron chi connectivity index (χ4n) is 2.15. The number of rotatable bonds is 8. The van der Waals surface area contributed by atoms with Gasteiger partial charge >= 0.3 is 0 Å². The molecule has 0 aliphatic rings. The van der Waals surface area contributed by atoms with Crippen LogP contribution in [0.25, 0.3) is 0 Å². The van der Waals surface area contributed by atoms with E-state index in [1.807, 2.05) is 18.2 Å². The van der Waals surface area contributed by atoms with Gasteiger partial charge in [-0.05, 0) is 12.0 Å². The molecule has 0 heterocycles. The second-order valence-corrected chi connectivity index (χ2v) is 4.87. The van der Waals surface area contributed by atoms with Crippen LogP contribution < -0.4 is 5.73 Å². The van der Waals surface area contributed by atoms with Crippen molar-refractivity contribution in [2.45, 2.75) is 23.6 Å². The standard InChI is InChI=1S/C14H18ClNO3/c1-19-10-14(13(16)18,12(15)8-5-9-17)11-6-3-2-4-7-11/h2-4,6-7,9,12H,5,8,10H2,1H3,(H2,16,18). The molecular formula is C14H18ClNO3. The summed E-state index contributed by atoms with van der Waals surface area (Å²) in [5.74, 6) is -0.550. The van der Waals surface area contributed by atoms with E-state index >= 15 is 0 Å². The Morgan fingerprint density at radius 3 is 2.58 bits per heavy atom. The van der Waals surface area contributed by atoms with Gasteiger partial charge in [-0.1, -0.05) is 30.3 Å². The van der Waals surface area contributed by atoms with Crippen molar-refractivity contribution in [1.29, 1.82) is 0 Å². The molecule has 0 saturated carbocycles. The molecule has 0 radical (unpaired) electrons. The molecule has 0 spiro atoms. The Kier molecular flexibility index (Phi) is 5.99. The Labute approximate surface area is 117 Å². The van der Waals surface area contributed by atoms with Crippen LogP contribution in [-0.2, 0) is 19.7 Å². The zero-order valence-electron chi connectivity index (χ0n) is 10.8. The third kappa shape index (κ3) is 3.33. The normalized spacial score (nSPS) is 15.5. The molecule has 0 aliphatic carbocycles. The van der Waals surface area contributed by atoms with E-state index in [0.29, 0.717) is 12.0 Å². The number of hydrogen-bond acceptors (Lipinski definition) is 3. The summed E-state index contributed by atoms with van der Waals surface area (Å²) < 4.78 is 5.15. The van der Waals surface area contributed by atoms with Crippen LogP contribution in [0.1, 0.15) is 18.4 Å². The van der Waals surface area contributed by atoms with Gasteiger partial charge in [-0.3, -0.25) is 4.79 Å². The van der Waals surface area contributed by atoms with Gasteiger partial charge in [0.05, 0.1) is 12.0 Å². The Hall–Kier alpha value is -1.39. The third-order valence-electron chi connectivity index (χ3n) is 3.17.